The number of rotatable bonds is 6. The van der Waals surface area contributed by atoms with Gasteiger partial charge in [0.15, 0.2) is 0 Å². The molecule has 0 amide bonds. The molecule has 6 nitrogen and oxygen atoms in total. The zero-order chi connectivity index (χ0) is 24.5. The Morgan fingerprint density at radius 2 is 1.68 bits per heavy atom. The van der Waals surface area contributed by atoms with Crippen LogP contribution in [-0.4, -0.2) is 19.4 Å². The fourth-order valence-corrected chi connectivity index (χ4v) is 4.74. The van der Waals surface area contributed by atoms with Crippen molar-refractivity contribution in [1.82, 2.24) is 4.98 Å². The van der Waals surface area contributed by atoms with Crippen molar-refractivity contribution in [3.05, 3.63) is 91.0 Å². The molecular weight excluding hydrogens is 448 g/mol. The van der Waals surface area contributed by atoms with Crippen LogP contribution < -0.4 is 9.46 Å². The summed E-state index contributed by atoms with van der Waals surface area (Å²) in [4.78, 5) is 15.2. The molecule has 174 valence electrons. The normalized spacial score (nSPS) is 11.9. The summed E-state index contributed by atoms with van der Waals surface area (Å²) in [5.74, 6) is -0.327. The second-order valence-electron chi connectivity index (χ2n) is 8.96. The van der Waals surface area contributed by atoms with Gasteiger partial charge in [0.2, 0.25) is 5.88 Å². The molecule has 0 aliphatic carbocycles. The number of esters is 1. The number of hydrogen-bond donors (Lipinski definition) is 2. The van der Waals surface area contributed by atoms with Crippen LogP contribution in [-0.2, 0) is 20.2 Å². The van der Waals surface area contributed by atoms with Crippen LogP contribution in [0.4, 0.5) is 5.69 Å². The maximum Gasteiger partial charge on any atom is 0.336 e. The molecule has 0 bridgehead atoms. The average Bonchev–Trinajstić information content (AvgIpc) is 3.15. The van der Waals surface area contributed by atoms with E-state index in [1.807, 2.05) is 42.5 Å². The summed E-state index contributed by atoms with van der Waals surface area (Å²) in [5.41, 5.74) is 3.54. The summed E-state index contributed by atoms with van der Waals surface area (Å²) in [6.07, 6.45) is 1.09. The summed E-state index contributed by atoms with van der Waals surface area (Å²) in [6, 6.07) is 21.4. The number of aromatic nitrogens is 1. The molecule has 1 heterocycles. The third-order valence-corrected chi connectivity index (χ3v) is 6.88. The van der Waals surface area contributed by atoms with E-state index >= 15 is 0 Å². The first kappa shape index (κ1) is 23.3. The smallest absolute Gasteiger partial charge is 0.336 e. The molecule has 0 aliphatic rings. The van der Waals surface area contributed by atoms with E-state index in [4.69, 9.17) is 4.74 Å². The Morgan fingerprint density at radius 1 is 1.00 bits per heavy atom. The highest BCUT2D eigenvalue weighted by atomic mass is 32.2. The molecule has 0 saturated heterocycles. The Morgan fingerprint density at radius 3 is 2.29 bits per heavy atom. The minimum atomic E-state index is -3.80. The van der Waals surface area contributed by atoms with E-state index in [2.05, 4.69) is 37.1 Å². The van der Waals surface area contributed by atoms with Gasteiger partial charge in [0, 0.05) is 22.7 Å². The Balaban J connectivity index is 1.74. The zero-order valence-electron chi connectivity index (χ0n) is 19.3. The van der Waals surface area contributed by atoms with Gasteiger partial charge < -0.3 is 9.72 Å². The van der Waals surface area contributed by atoms with Gasteiger partial charge in [0.1, 0.15) is 0 Å². The van der Waals surface area contributed by atoms with Crippen molar-refractivity contribution in [2.45, 2.75) is 31.1 Å². The molecular formula is C27H26N2O4S. The van der Waals surface area contributed by atoms with E-state index in [1.54, 1.807) is 30.3 Å². The molecule has 3 aromatic carbocycles. The Bertz CT molecular complexity index is 1460. The fourth-order valence-electron chi connectivity index (χ4n) is 3.69. The summed E-state index contributed by atoms with van der Waals surface area (Å²) in [6.45, 7) is 9.68. The maximum absolute atomic E-state index is 13.0. The highest BCUT2D eigenvalue weighted by Gasteiger charge is 2.20. The maximum atomic E-state index is 13.0. The second kappa shape index (κ2) is 8.83. The molecule has 0 fully saturated rings. The van der Waals surface area contributed by atoms with E-state index in [0.29, 0.717) is 22.2 Å². The van der Waals surface area contributed by atoms with Gasteiger partial charge in [-0.1, -0.05) is 69.8 Å². The molecule has 0 atom stereocenters. The van der Waals surface area contributed by atoms with E-state index in [1.165, 1.54) is 0 Å². The van der Waals surface area contributed by atoms with Crippen molar-refractivity contribution < 1.29 is 17.9 Å². The quantitative estimate of drug-likeness (QED) is 0.264. The van der Waals surface area contributed by atoms with Crippen LogP contribution in [0.5, 0.6) is 5.88 Å². The van der Waals surface area contributed by atoms with Crippen LogP contribution in [0.25, 0.3) is 22.0 Å². The van der Waals surface area contributed by atoms with Crippen molar-refractivity contribution in [2.24, 2.45) is 0 Å². The SMILES string of the molecule is C=CC(=O)Oc1[nH]c2ccc(NS(=O)(=O)c3ccc(C(C)(C)C)cc3)cc2c1-c1ccccc1. The highest BCUT2D eigenvalue weighted by molar-refractivity contribution is 7.92. The van der Waals surface area contributed by atoms with E-state index in [0.717, 1.165) is 17.2 Å². The first-order chi connectivity index (χ1) is 16.1. The molecule has 1 aromatic heterocycles. The summed E-state index contributed by atoms with van der Waals surface area (Å²) in [7, 11) is -3.80. The lowest BCUT2D eigenvalue weighted by Gasteiger charge is -2.19. The molecule has 0 aliphatic heterocycles. The van der Waals surface area contributed by atoms with Gasteiger partial charge in [0.05, 0.1) is 10.5 Å². The van der Waals surface area contributed by atoms with Gasteiger partial charge in [-0.05, 0) is 46.9 Å². The average molecular weight is 475 g/mol. The van der Waals surface area contributed by atoms with Gasteiger partial charge in [-0.3, -0.25) is 4.72 Å². The van der Waals surface area contributed by atoms with E-state index in [-0.39, 0.29) is 16.2 Å². The van der Waals surface area contributed by atoms with Crippen molar-refractivity contribution in [3.8, 4) is 17.0 Å². The predicted octanol–water partition coefficient (Wildman–Crippen LogP) is 6.02. The number of carbonyl (C=O) groups excluding carboxylic acids is 1. The first-order valence-electron chi connectivity index (χ1n) is 10.8. The van der Waals surface area contributed by atoms with Crippen molar-refractivity contribution in [3.63, 3.8) is 0 Å². The number of hydrogen-bond acceptors (Lipinski definition) is 4. The molecule has 2 N–H and O–H groups in total. The molecule has 0 unspecified atom stereocenters. The molecule has 4 aromatic rings. The lowest BCUT2D eigenvalue weighted by atomic mass is 9.87. The Kier molecular flexibility index (Phi) is 6.06. The molecule has 7 heteroatoms. The van der Waals surface area contributed by atoms with Crippen LogP contribution >= 0.6 is 0 Å². The van der Waals surface area contributed by atoms with Gasteiger partial charge in [-0.15, -0.1) is 0 Å². The van der Waals surface area contributed by atoms with Crippen LogP contribution in [0.3, 0.4) is 0 Å². The van der Waals surface area contributed by atoms with Crippen LogP contribution in [0.15, 0.2) is 90.3 Å². The lowest BCUT2D eigenvalue weighted by molar-refractivity contribution is -0.129. The standard InChI is InChI=1S/C27H26N2O4S/c1-5-24(30)33-26-25(18-9-7-6-8-10-18)22-17-20(13-16-23(22)28-26)29-34(31,32)21-14-11-19(12-15-21)27(2,3)4/h5-17,28-29H,1H2,2-4H3. The van der Waals surface area contributed by atoms with Gasteiger partial charge in [-0.25, -0.2) is 13.2 Å². The number of sulfonamides is 1. The van der Waals surface area contributed by atoms with Crippen molar-refractivity contribution in [1.29, 1.82) is 0 Å². The van der Waals surface area contributed by atoms with E-state index < -0.39 is 16.0 Å². The molecule has 0 radical (unpaired) electrons. The first-order valence-corrected chi connectivity index (χ1v) is 12.3. The topological polar surface area (TPSA) is 88.3 Å². The summed E-state index contributed by atoms with van der Waals surface area (Å²) in [5, 5.41) is 0.710. The van der Waals surface area contributed by atoms with E-state index in [9.17, 15) is 13.2 Å². The van der Waals surface area contributed by atoms with Gasteiger partial charge in [-0.2, -0.15) is 0 Å². The number of aromatic amines is 1. The number of benzene rings is 3. The Hall–Kier alpha value is -3.84. The zero-order valence-corrected chi connectivity index (χ0v) is 20.1. The van der Waals surface area contributed by atoms with Crippen LogP contribution in [0.2, 0.25) is 0 Å². The number of carbonyl (C=O) groups is 1. The molecule has 4 rings (SSSR count). The van der Waals surface area contributed by atoms with Gasteiger partial charge >= 0.3 is 5.97 Å². The third-order valence-electron chi connectivity index (χ3n) is 5.48. The van der Waals surface area contributed by atoms with Crippen molar-refractivity contribution in [2.75, 3.05) is 4.72 Å². The number of ether oxygens (including phenoxy) is 1. The Labute approximate surface area is 199 Å². The fraction of sp³-hybridized carbons (Fsp3) is 0.148. The summed E-state index contributed by atoms with van der Waals surface area (Å²) >= 11 is 0. The second-order valence-corrected chi connectivity index (χ2v) is 10.6. The monoisotopic (exact) mass is 474 g/mol. The largest absolute Gasteiger partial charge is 0.406 e. The minimum Gasteiger partial charge on any atom is -0.406 e. The summed E-state index contributed by atoms with van der Waals surface area (Å²) < 4.78 is 34.2. The number of anilines is 1. The number of H-pyrrole nitrogens is 1. The van der Waals surface area contributed by atoms with Crippen molar-refractivity contribution >= 4 is 32.6 Å². The predicted molar refractivity (Wildman–Crippen MR) is 136 cm³/mol. The molecule has 0 saturated carbocycles. The minimum absolute atomic E-state index is 0.0738. The van der Waals surface area contributed by atoms with Crippen LogP contribution in [0.1, 0.15) is 26.3 Å². The van der Waals surface area contributed by atoms with Gasteiger partial charge in [0.25, 0.3) is 10.0 Å². The third kappa shape index (κ3) is 4.75. The highest BCUT2D eigenvalue weighted by Crippen LogP contribution is 2.39. The molecule has 0 spiro atoms. The van der Waals surface area contributed by atoms with Crippen LogP contribution in [0, 0.1) is 0 Å². The molecule has 34 heavy (non-hydrogen) atoms. The number of fused-ring (bicyclic) bond motifs is 1. The lowest BCUT2D eigenvalue weighted by Crippen LogP contribution is -2.14. The number of nitrogens with one attached hydrogen (secondary N) is 2.